The summed E-state index contributed by atoms with van der Waals surface area (Å²) in [6, 6.07) is 10.0. The van der Waals surface area contributed by atoms with Crippen molar-refractivity contribution >= 4 is 17.5 Å². The molecule has 2 heterocycles. The summed E-state index contributed by atoms with van der Waals surface area (Å²) in [5.41, 5.74) is 3.15. The van der Waals surface area contributed by atoms with E-state index in [4.69, 9.17) is 11.6 Å². The predicted octanol–water partition coefficient (Wildman–Crippen LogP) is 5.71. The Morgan fingerprint density at radius 2 is 1.75 bits per heavy atom. The second-order valence-electron chi connectivity index (χ2n) is 9.03. The predicted molar refractivity (Wildman–Crippen MR) is 122 cm³/mol. The fraction of sp³-hybridized carbons (Fsp3) is 0.360. The molecule has 3 atom stereocenters. The molecule has 5 rings (SSSR count). The van der Waals surface area contributed by atoms with Gasteiger partial charge in [0.05, 0.1) is 0 Å². The number of nitrogens with one attached hydrogen (secondary N) is 1. The van der Waals surface area contributed by atoms with Crippen LogP contribution in [-0.2, 0) is 6.54 Å². The van der Waals surface area contributed by atoms with Gasteiger partial charge in [-0.15, -0.1) is 0 Å². The van der Waals surface area contributed by atoms with Crippen molar-refractivity contribution in [1.29, 1.82) is 0 Å². The van der Waals surface area contributed by atoms with E-state index in [1.807, 2.05) is 19.1 Å². The number of benzene rings is 2. The summed E-state index contributed by atoms with van der Waals surface area (Å²) in [5, 5.41) is 3.93. The fourth-order valence-electron chi connectivity index (χ4n) is 5.15. The molecule has 0 amide bonds. The first-order valence-electron chi connectivity index (χ1n) is 11.0. The van der Waals surface area contributed by atoms with Crippen molar-refractivity contribution in [1.82, 2.24) is 14.9 Å². The Labute approximate surface area is 191 Å². The molecule has 0 spiro atoms. The lowest BCUT2D eigenvalue weighted by Crippen LogP contribution is -2.25. The van der Waals surface area contributed by atoms with Gasteiger partial charge in [0, 0.05) is 54.2 Å². The zero-order valence-corrected chi connectivity index (χ0v) is 18.6. The molecular formula is C25H25ClF2N4. The Bertz CT molecular complexity index is 1110. The molecule has 7 heteroatoms. The molecule has 4 nitrogen and oxygen atoms in total. The van der Waals surface area contributed by atoms with E-state index in [0.717, 1.165) is 32.5 Å². The van der Waals surface area contributed by atoms with Gasteiger partial charge in [0.15, 0.2) is 0 Å². The number of hydrogen-bond acceptors (Lipinski definition) is 4. The third-order valence-corrected chi connectivity index (χ3v) is 7.01. The highest BCUT2D eigenvalue weighted by Gasteiger charge is 2.40. The zero-order valence-electron chi connectivity index (χ0n) is 17.9. The van der Waals surface area contributed by atoms with Gasteiger partial charge in [-0.25, -0.2) is 18.7 Å². The van der Waals surface area contributed by atoms with Crippen molar-refractivity contribution in [2.75, 3.05) is 18.4 Å². The van der Waals surface area contributed by atoms with Gasteiger partial charge in [-0.1, -0.05) is 23.7 Å². The van der Waals surface area contributed by atoms with Gasteiger partial charge in [0.1, 0.15) is 11.6 Å². The molecule has 1 aromatic heterocycles. The second-order valence-corrected chi connectivity index (χ2v) is 9.44. The first-order valence-corrected chi connectivity index (χ1v) is 11.3. The van der Waals surface area contributed by atoms with E-state index in [1.54, 1.807) is 18.5 Å². The summed E-state index contributed by atoms with van der Waals surface area (Å²) in [4.78, 5) is 11.3. The molecule has 0 bridgehead atoms. The molecule has 0 unspecified atom stereocenters. The lowest BCUT2D eigenvalue weighted by atomic mass is 10.0. The van der Waals surface area contributed by atoms with Gasteiger partial charge in [0.25, 0.3) is 0 Å². The minimum Gasteiger partial charge on any atom is -0.351 e. The third-order valence-electron chi connectivity index (χ3n) is 6.68. The van der Waals surface area contributed by atoms with E-state index in [-0.39, 0.29) is 11.6 Å². The number of rotatable bonds is 5. The fourth-order valence-corrected chi connectivity index (χ4v) is 5.38. The van der Waals surface area contributed by atoms with E-state index >= 15 is 0 Å². The summed E-state index contributed by atoms with van der Waals surface area (Å²) in [7, 11) is 0. The Balaban J connectivity index is 1.16. The molecule has 0 radical (unpaired) electrons. The summed E-state index contributed by atoms with van der Waals surface area (Å²) < 4.78 is 27.1. The molecule has 1 saturated carbocycles. The number of fused-ring (bicyclic) bond motifs is 1. The van der Waals surface area contributed by atoms with Crippen molar-refractivity contribution in [3.05, 3.63) is 76.6 Å². The summed E-state index contributed by atoms with van der Waals surface area (Å²) in [6.45, 7) is 4.82. The smallest absolute Gasteiger partial charge is 0.222 e. The van der Waals surface area contributed by atoms with Gasteiger partial charge in [0.2, 0.25) is 5.95 Å². The van der Waals surface area contributed by atoms with Crippen LogP contribution in [0.2, 0.25) is 5.02 Å². The van der Waals surface area contributed by atoms with Crippen LogP contribution in [0, 0.1) is 30.4 Å². The van der Waals surface area contributed by atoms with E-state index in [9.17, 15) is 8.78 Å². The number of aryl methyl sites for hydroxylation is 1. The zero-order chi connectivity index (χ0) is 22.2. The van der Waals surface area contributed by atoms with Gasteiger partial charge < -0.3 is 5.32 Å². The molecule has 32 heavy (non-hydrogen) atoms. The molecule has 1 saturated heterocycles. The van der Waals surface area contributed by atoms with Crippen LogP contribution in [0.3, 0.4) is 0 Å². The molecule has 3 aromatic rings. The summed E-state index contributed by atoms with van der Waals surface area (Å²) in [6.07, 6.45) is 5.53. The van der Waals surface area contributed by atoms with Crippen LogP contribution in [0.1, 0.15) is 24.0 Å². The molecule has 1 aliphatic heterocycles. The van der Waals surface area contributed by atoms with Gasteiger partial charge in [-0.05, 0) is 67.0 Å². The Hall–Kier alpha value is -2.57. The van der Waals surface area contributed by atoms with E-state index in [2.05, 4.69) is 20.2 Å². The maximum atomic E-state index is 13.5. The van der Waals surface area contributed by atoms with Crippen LogP contribution in [0.25, 0.3) is 11.1 Å². The van der Waals surface area contributed by atoms with E-state index in [1.165, 1.54) is 23.8 Å². The van der Waals surface area contributed by atoms with Crippen molar-refractivity contribution in [2.24, 2.45) is 11.8 Å². The molecule has 2 fully saturated rings. The van der Waals surface area contributed by atoms with Crippen LogP contribution in [0.4, 0.5) is 14.7 Å². The molecule has 2 aliphatic rings. The highest BCUT2D eigenvalue weighted by Crippen LogP contribution is 2.39. The van der Waals surface area contributed by atoms with E-state index < -0.39 is 0 Å². The number of hydrogen-bond donors (Lipinski definition) is 1. The lowest BCUT2D eigenvalue weighted by molar-refractivity contribution is 0.301. The molecule has 2 aromatic carbocycles. The number of anilines is 1. The van der Waals surface area contributed by atoms with Crippen LogP contribution in [-0.4, -0.2) is 34.0 Å². The van der Waals surface area contributed by atoms with Crippen LogP contribution in [0.15, 0.2) is 48.8 Å². The van der Waals surface area contributed by atoms with Crippen LogP contribution < -0.4 is 5.32 Å². The lowest BCUT2D eigenvalue weighted by Gasteiger charge is -2.20. The topological polar surface area (TPSA) is 41.0 Å². The second kappa shape index (κ2) is 8.75. The van der Waals surface area contributed by atoms with Gasteiger partial charge >= 0.3 is 0 Å². The number of halogens is 3. The van der Waals surface area contributed by atoms with Crippen molar-refractivity contribution in [2.45, 2.75) is 32.4 Å². The Morgan fingerprint density at radius 1 is 1.03 bits per heavy atom. The van der Waals surface area contributed by atoms with Crippen molar-refractivity contribution in [3.63, 3.8) is 0 Å². The first-order chi connectivity index (χ1) is 15.4. The molecule has 166 valence electrons. The molecular weight excluding hydrogens is 430 g/mol. The Kier molecular flexibility index (Phi) is 5.82. The molecule has 1 aliphatic carbocycles. The summed E-state index contributed by atoms with van der Waals surface area (Å²) in [5.74, 6) is 1.41. The quantitative estimate of drug-likeness (QED) is 0.536. The Morgan fingerprint density at radius 3 is 2.44 bits per heavy atom. The van der Waals surface area contributed by atoms with E-state index in [0.29, 0.717) is 45.5 Å². The largest absolute Gasteiger partial charge is 0.351 e. The first kappa shape index (κ1) is 21.3. The van der Waals surface area contributed by atoms with Gasteiger partial charge in [-0.3, -0.25) is 4.90 Å². The highest BCUT2D eigenvalue weighted by atomic mass is 35.5. The van der Waals surface area contributed by atoms with Crippen LogP contribution in [0.5, 0.6) is 0 Å². The average Bonchev–Trinajstić information content (AvgIpc) is 3.31. The normalized spacial score (nSPS) is 22.8. The molecule has 1 N–H and O–H groups in total. The maximum Gasteiger partial charge on any atom is 0.222 e. The third kappa shape index (κ3) is 4.48. The van der Waals surface area contributed by atoms with Gasteiger partial charge in [-0.2, -0.15) is 0 Å². The summed E-state index contributed by atoms with van der Waals surface area (Å²) >= 11 is 6.18. The average molecular weight is 455 g/mol. The highest BCUT2D eigenvalue weighted by molar-refractivity contribution is 6.33. The maximum absolute atomic E-state index is 13.5. The van der Waals surface area contributed by atoms with Crippen molar-refractivity contribution in [3.8, 4) is 11.1 Å². The number of nitrogens with zero attached hydrogens (tertiary/aromatic N) is 3. The number of likely N-dealkylation sites (tertiary alicyclic amines) is 1. The monoisotopic (exact) mass is 454 g/mol. The minimum atomic E-state index is -0.340. The number of aromatic nitrogens is 2. The van der Waals surface area contributed by atoms with Crippen LogP contribution >= 0.6 is 11.6 Å². The minimum absolute atomic E-state index is 0.143. The van der Waals surface area contributed by atoms with Crippen molar-refractivity contribution < 1.29 is 8.78 Å². The standard InChI is InChI=1S/C25H25ClF2N4/c1-15-6-16(2-5-24(15)28)12-32-13-17-7-21(8-18(17)14-32)31-25-29-10-19(11-30-25)22-9-20(27)3-4-23(22)26/h2-6,9-11,17-18,21H,7-8,12-14H2,1H3,(H,29,30,31)/t17-,18+,21+. The SMILES string of the molecule is Cc1cc(CN2C[C@H]3C[C@H](Nc4ncc(-c5cc(F)ccc5Cl)cn4)C[C@H]3C2)ccc1F.